The van der Waals surface area contributed by atoms with E-state index in [1.807, 2.05) is 13.8 Å². The van der Waals surface area contributed by atoms with Crippen LogP contribution in [0.25, 0.3) is 0 Å². The molecule has 0 aliphatic heterocycles. The maximum absolute atomic E-state index is 11.4. The van der Waals surface area contributed by atoms with Crippen LogP contribution < -0.4 is 4.72 Å². The van der Waals surface area contributed by atoms with E-state index in [9.17, 15) is 8.42 Å². The van der Waals surface area contributed by atoms with Gasteiger partial charge in [-0.3, -0.25) is 0 Å². The van der Waals surface area contributed by atoms with Gasteiger partial charge in [-0.2, -0.15) is 0 Å². The quantitative estimate of drug-likeness (QED) is 0.714. The summed E-state index contributed by atoms with van der Waals surface area (Å²) >= 11 is 0. The van der Waals surface area contributed by atoms with Crippen LogP contribution in [0.4, 0.5) is 0 Å². The molecule has 13 heavy (non-hydrogen) atoms. The highest BCUT2D eigenvalue weighted by Gasteiger charge is 2.30. The third-order valence-electron chi connectivity index (χ3n) is 2.46. The third kappa shape index (κ3) is 4.09. The third-order valence-corrected chi connectivity index (χ3v) is 4.02. The monoisotopic (exact) mass is 205 g/mol. The molecule has 78 valence electrons. The van der Waals surface area contributed by atoms with Crippen LogP contribution in [0.5, 0.6) is 0 Å². The number of sulfonamides is 1. The lowest BCUT2D eigenvalue weighted by molar-refractivity contribution is 0.536. The van der Waals surface area contributed by atoms with E-state index in [2.05, 4.69) is 4.72 Å². The molecule has 4 heteroatoms. The normalized spacial score (nSPS) is 20.2. The summed E-state index contributed by atoms with van der Waals surface area (Å²) < 4.78 is 25.6. The predicted octanol–water partition coefficient (Wildman–Crippen LogP) is 1.50. The van der Waals surface area contributed by atoms with Gasteiger partial charge in [0.05, 0.1) is 5.75 Å². The maximum atomic E-state index is 11.4. The van der Waals surface area contributed by atoms with E-state index < -0.39 is 10.0 Å². The fourth-order valence-electron chi connectivity index (χ4n) is 1.37. The van der Waals surface area contributed by atoms with Crippen molar-refractivity contribution in [2.45, 2.75) is 45.6 Å². The maximum Gasteiger partial charge on any atom is 0.211 e. The van der Waals surface area contributed by atoms with Crippen LogP contribution in [0.3, 0.4) is 0 Å². The van der Waals surface area contributed by atoms with Gasteiger partial charge in [0.25, 0.3) is 0 Å². The average molecular weight is 205 g/mol. The van der Waals surface area contributed by atoms with Gasteiger partial charge in [0.2, 0.25) is 10.0 Å². The molecule has 0 aromatic heterocycles. The molecule has 1 N–H and O–H groups in total. The summed E-state index contributed by atoms with van der Waals surface area (Å²) in [4.78, 5) is 0. The summed E-state index contributed by atoms with van der Waals surface area (Å²) in [6, 6.07) is 0.141. The van der Waals surface area contributed by atoms with E-state index in [1.54, 1.807) is 0 Å². The second kappa shape index (κ2) is 4.42. The van der Waals surface area contributed by atoms with E-state index in [1.165, 1.54) is 12.8 Å². The molecule has 0 unspecified atom stereocenters. The Kier molecular flexibility index (Phi) is 3.74. The van der Waals surface area contributed by atoms with Crippen LogP contribution >= 0.6 is 0 Å². The van der Waals surface area contributed by atoms with Crippen molar-refractivity contribution >= 4 is 10.0 Å². The molecule has 1 fully saturated rings. The van der Waals surface area contributed by atoms with E-state index in [0.717, 1.165) is 12.8 Å². The zero-order valence-corrected chi connectivity index (χ0v) is 9.23. The summed E-state index contributed by atoms with van der Waals surface area (Å²) in [7, 11) is -3.00. The van der Waals surface area contributed by atoms with E-state index in [0.29, 0.717) is 5.92 Å². The Labute approximate surface area is 81.0 Å². The highest BCUT2D eigenvalue weighted by molar-refractivity contribution is 7.89. The van der Waals surface area contributed by atoms with Crippen LogP contribution in [0, 0.1) is 5.92 Å². The van der Waals surface area contributed by atoms with Crippen molar-refractivity contribution in [2.24, 2.45) is 5.92 Å². The Hall–Kier alpha value is -0.0900. The lowest BCUT2D eigenvalue weighted by atomic mass is 10.2. The lowest BCUT2D eigenvalue weighted by Gasteiger charge is -2.12. The van der Waals surface area contributed by atoms with Gasteiger partial charge in [0, 0.05) is 6.04 Å². The molecular formula is C9H19NO2S. The Morgan fingerprint density at radius 1 is 1.46 bits per heavy atom. The van der Waals surface area contributed by atoms with Crippen molar-refractivity contribution in [3.8, 4) is 0 Å². The number of rotatable bonds is 6. The highest BCUT2D eigenvalue weighted by atomic mass is 32.2. The van der Waals surface area contributed by atoms with Crippen molar-refractivity contribution in [1.82, 2.24) is 4.72 Å². The molecule has 0 spiro atoms. The zero-order valence-electron chi connectivity index (χ0n) is 8.41. The number of unbranched alkanes of at least 4 members (excludes halogenated alkanes) is 1. The second-order valence-corrected chi connectivity index (χ2v) is 5.79. The predicted molar refractivity (Wildman–Crippen MR) is 54.0 cm³/mol. The molecule has 0 amide bonds. The van der Waals surface area contributed by atoms with Crippen LogP contribution in [0.15, 0.2) is 0 Å². The minimum absolute atomic E-state index is 0.141. The SMILES string of the molecule is CCCCS(=O)(=O)N[C@@H](C)C1CC1. The van der Waals surface area contributed by atoms with Crippen LogP contribution in [0.2, 0.25) is 0 Å². The zero-order chi connectivity index (χ0) is 9.90. The largest absolute Gasteiger partial charge is 0.212 e. The molecule has 1 aliphatic rings. The standard InChI is InChI=1S/C9H19NO2S/c1-3-4-7-13(11,12)10-8(2)9-5-6-9/h8-10H,3-7H2,1-2H3/t8-/m0/s1. The molecule has 1 rings (SSSR count). The van der Waals surface area contributed by atoms with Gasteiger partial charge in [0.1, 0.15) is 0 Å². The first-order valence-electron chi connectivity index (χ1n) is 5.05. The summed E-state index contributed by atoms with van der Waals surface area (Å²) in [6.45, 7) is 3.96. The van der Waals surface area contributed by atoms with Gasteiger partial charge in [-0.1, -0.05) is 13.3 Å². The van der Waals surface area contributed by atoms with Crippen molar-refractivity contribution in [3.05, 3.63) is 0 Å². The molecule has 3 nitrogen and oxygen atoms in total. The number of nitrogens with one attached hydrogen (secondary N) is 1. The van der Waals surface area contributed by atoms with E-state index in [4.69, 9.17) is 0 Å². The van der Waals surface area contributed by atoms with Gasteiger partial charge in [-0.15, -0.1) is 0 Å². The smallest absolute Gasteiger partial charge is 0.211 e. The van der Waals surface area contributed by atoms with Gasteiger partial charge < -0.3 is 0 Å². The van der Waals surface area contributed by atoms with Gasteiger partial charge in [-0.05, 0) is 32.1 Å². The molecule has 1 aliphatic carbocycles. The van der Waals surface area contributed by atoms with Crippen LogP contribution in [0.1, 0.15) is 39.5 Å². The Morgan fingerprint density at radius 2 is 2.08 bits per heavy atom. The van der Waals surface area contributed by atoms with Gasteiger partial charge in [-0.25, -0.2) is 13.1 Å². The Morgan fingerprint density at radius 3 is 2.54 bits per heavy atom. The molecule has 0 aromatic carbocycles. The van der Waals surface area contributed by atoms with E-state index in [-0.39, 0.29) is 11.8 Å². The van der Waals surface area contributed by atoms with Crippen molar-refractivity contribution in [2.75, 3.05) is 5.75 Å². The fourth-order valence-corrected chi connectivity index (χ4v) is 2.91. The first-order valence-corrected chi connectivity index (χ1v) is 6.70. The lowest BCUT2D eigenvalue weighted by Crippen LogP contribution is -2.35. The molecule has 0 radical (unpaired) electrons. The average Bonchev–Trinajstić information content (AvgIpc) is 2.82. The highest BCUT2D eigenvalue weighted by Crippen LogP contribution is 2.32. The summed E-state index contributed by atoms with van der Waals surface area (Å²) in [6.07, 6.45) is 4.04. The van der Waals surface area contributed by atoms with Gasteiger partial charge >= 0.3 is 0 Å². The molecule has 0 heterocycles. The summed E-state index contributed by atoms with van der Waals surface area (Å²) in [5.41, 5.74) is 0. The van der Waals surface area contributed by atoms with Crippen LogP contribution in [-0.2, 0) is 10.0 Å². The van der Waals surface area contributed by atoms with Crippen molar-refractivity contribution in [1.29, 1.82) is 0 Å². The molecule has 1 saturated carbocycles. The van der Waals surface area contributed by atoms with E-state index >= 15 is 0 Å². The van der Waals surface area contributed by atoms with Crippen LogP contribution in [-0.4, -0.2) is 20.2 Å². The first kappa shape index (κ1) is 11.0. The molecular weight excluding hydrogens is 186 g/mol. The Balaban J connectivity index is 2.31. The Bertz CT molecular complexity index is 244. The van der Waals surface area contributed by atoms with Crippen molar-refractivity contribution < 1.29 is 8.42 Å². The minimum atomic E-state index is -3.00. The molecule has 0 aromatic rings. The number of hydrogen-bond acceptors (Lipinski definition) is 2. The second-order valence-electron chi connectivity index (χ2n) is 3.92. The summed E-state index contributed by atoms with van der Waals surface area (Å²) in [5.74, 6) is 0.872. The minimum Gasteiger partial charge on any atom is -0.212 e. The first-order chi connectivity index (χ1) is 6.05. The molecule has 0 bridgehead atoms. The summed E-state index contributed by atoms with van der Waals surface area (Å²) in [5, 5.41) is 0. The molecule has 0 saturated heterocycles. The topological polar surface area (TPSA) is 46.2 Å². The molecule has 1 atom stereocenters. The number of hydrogen-bond donors (Lipinski definition) is 1. The van der Waals surface area contributed by atoms with Crippen molar-refractivity contribution in [3.63, 3.8) is 0 Å². The van der Waals surface area contributed by atoms with Gasteiger partial charge in [0.15, 0.2) is 0 Å². The fraction of sp³-hybridized carbons (Fsp3) is 1.00.